The van der Waals surface area contributed by atoms with Crippen LogP contribution >= 0.6 is 0 Å². The van der Waals surface area contributed by atoms with E-state index >= 15 is 0 Å². The van der Waals surface area contributed by atoms with Crippen LogP contribution in [0.4, 0.5) is 0 Å². The molecule has 0 spiro atoms. The van der Waals surface area contributed by atoms with E-state index in [1.807, 2.05) is 0 Å². The van der Waals surface area contributed by atoms with Crippen LogP contribution in [0.1, 0.15) is 42.5 Å². The highest BCUT2D eigenvalue weighted by atomic mass is 14.9. The SMILES string of the molecule is CCC1(C)c2ccccc2-c2ccc3c(c21)Cc1cc(-c2nc(-c4c5ccccc5cc5ccccc45)nc4ccccc24)ccc1-3. The van der Waals surface area contributed by atoms with E-state index in [9.17, 15) is 0 Å². The lowest BCUT2D eigenvalue weighted by Crippen LogP contribution is -2.21. The molecular formula is C45H32N2. The fourth-order valence-corrected chi connectivity index (χ4v) is 8.64. The number of para-hydroxylation sites is 1. The number of aromatic nitrogens is 2. The summed E-state index contributed by atoms with van der Waals surface area (Å²) in [5.41, 5.74) is 15.6. The predicted molar refractivity (Wildman–Crippen MR) is 196 cm³/mol. The van der Waals surface area contributed by atoms with Crippen molar-refractivity contribution in [3.63, 3.8) is 0 Å². The molecular weight excluding hydrogens is 569 g/mol. The quantitative estimate of drug-likeness (QED) is 0.189. The lowest BCUT2D eigenvalue weighted by Gasteiger charge is -2.28. The maximum atomic E-state index is 5.43. The Labute approximate surface area is 274 Å². The second kappa shape index (κ2) is 9.70. The van der Waals surface area contributed by atoms with Gasteiger partial charge in [-0.05, 0) is 97.1 Å². The molecule has 10 rings (SSSR count). The average Bonchev–Trinajstić information content (AvgIpc) is 3.62. The maximum Gasteiger partial charge on any atom is 0.161 e. The summed E-state index contributed by atoms with van der Waals surface area (Å²) < 4.78 is 0. The van der Waals surface area contributed by atoms with Gasteiger partial charge in [0, 0.05) is 21.9 Å². The number of rotatable bonds is 3. The Balaban J connectivity index is 1.17. The fraction of sp³-hybridized carbons (Fsp3) is 0.111. The summed E-state index contributed by atoms with van der Waals surface area (Å²) in [7, 11) is 0. The summed E-state index contributed by atoms with van der Waals surface area (Å²) in [6.07, 6.45) is 2.02. The van der Waals surface area contributed by atoms with Crippen LogP contribution in [-0.4, -0.2) is 9.97 Å². The molecule has 7 aromatic carbocycles. The lowest BCUT2D eigenvalue weighted by molar-refractivity contribution is 0.560. The van der Waals surface area contributed by atoms with Crippen molar-refractivity contribution in [2.45, 2.75) is 32.1 Å². The van der Waals surface area contributed by atoms with Crippen LogP contribution in [0.25, 0.3) is 77.3 Å². The first-order chi connectivity index (χ1) is 23.1. The van der Waals surface area contributed by atoms with Crippen molar-refractivity contribution < 1.29 is 0 Å². The predicted octanol–water partition coefficient (Wildman–Crippen LogP) is 11.5. The number of nitrogens with zero attached hydrogens (tertiary/aromatic N) is 2. The minimum Gasteiger partial charge on any atom is -0.228 e. The first-order valence-corrected chi connectivity index (χ1v) is 16.7. The molecule has 0 saturated carbocycles. The molecule has 47 heavy (non-hydrogen) atoms. The van der Waals surface area contributed by atoms with Gasteiger partial charge in [0.2, 0.25) is 0 Å². The monoisotopic (exact) mass is 600 g/mol. The van der Waals surface area contributed by atoms with Crippen LogP contribution in [0.5, 0.6) is 0 Å². The zero-order valence-corrected chi connectivity index (χ0v) is 26.5. The Morgan fingerprint density at radius 1 is 0.596 bits per heavy atom. The van der Waals surface area contributed by atoms with Gasteiger partial charge in [0.1, 0.15) is 0 Å². The van der Waals surface area contributed by atoms with Crippen molar-refractivity contribution in [2.24, 2.45) is 0 Å². The van der Waals surface area contributed by atoms with E-state index in [0.29, 0.717) is 0 Å². The van der Waals surface area contributed by atoms with E-state index in [1.165, 1.54) is 66.1 Å². The molecule has 222 valence electrons. The Morgan fingerprint density at radius 3 is 2.04 bits per heavy atom. The van der Waals surface area contributed by atoms with Gasteiger partial charge >= 0.3 is 0 Å². The Morgan fingerprint density at radius 2 is 1.26 bits per heavy atom. The highest BCUT2D eigenvalue weighted by Gasteiger charge is 2.41. The van der Waals surface area contributed by atoms with Gasteiger partial charge in [-0.2, -0.15) is 0 Å². The maximum absolute atomic E-state index is 5.43. The molecule has 1 atom stereocenters. The fourth-order valence-electron chi connectivity index (χ4n) is 8.64. The van der Waals surface area contributed by atoms with Gasteiger partial charge in [0.25, 0.3) is 0 Å². The third kappa shape index (κ3) is 3.67. The molecule has 1 aromatic heterocycles. The van der Waals surface area contributed by atoms with E-state index in [2.05, 4.69) is 147 Å². The molecule has 0 N–H and O–H groups in total. The number of hydrogen-bond acceptors (Lipinski definition) is 2. The Kier molecular flexibility index (Phi) is 5.49. The van der Waals surface area contributed by atoms with E-state index < -0.39 is 0 Å². The molecule has 2 heteroatoms. The van der Waals surface area contributed by atoms with Crippen LogP contribution in [-0.2, 0) is 11.8 Å². The third-order valence-electron chi connectivity index (χ3n) is 11.0. The standard InChI is InChI=1S/C45H32N2/c1-3-45(2)39-18-10-8-16-35(39)36-23-22-34-31-21-20-29(25-30(31)26-38(34)42(36)45)43-37-17-9-11-19-40(37)46-44(47-43)41-32-14-6-4-12-27(32)24-28-13-5-7-15-33(28)41/h4-25H,3,26H2,1-2H3. The van der Waals surface area contributed by atoms with Gasteiger partial charge in [-0.3, -0.25) is 0 Å². The Hall–Kier alpha value is -5.60. The van der Waals surface area contributed by atoms with Gasteiger partial charge in [0.05, 0.1) is 11.2 Å². The summed E-state index contributed by atoms with van der Waals surface area (Å²) in [4.78, 5) is 10.6. The minimum atomic E-state index is 0.0150. The van der Waals surface area contributed by atoms with Crippen LogP contribution in [0, 0.1) is 0 Å². The minimum absolute atomic E-state index is 0.0150. The molecule has 0 amide bonds. The van der Waals surface area contributed by atoms with Gasteiger partial charge in [0.15, 0.2) is 5.82 Å². The smallest absolute Gasteiger partial charge is 0.161 e. The highest BCUT2D eigenvalue weighted by molar-refractivity contribution is 6.12. The van der Waals surface area contributed by atoms with Gasteiger partial charge in [-0.15, -0.1) is 0 Å². The van der Waals surface area contributed by atoms with Crippen molar-refractivity contribution >= 4 is 32.4 Å². The summed E-state index contributed by atoms with van der Waals surface area (Å²) in [5, 5.41) is 5.81. The normalized spacial score (nSPS) is 16.0. The van der Waals surface area contributed by atoms with Crippen molar-refractivity contribution in [1.29, 1.82) is 0 Å². The molecule has 1 unspecified atom stereocenters. The van der Waals surface area contributed by atoms with Crippen molar-refractivity contribution in [3.8, 4) is 44.9 Å². The third-order valence-corrected chi connectivity index (χ3v) is 11.0. The summed E-state index contributed by atoms with van der Waals surface area (Å²) in [6, 6.07) is 48.7. The summed E-state index contributed by atoms with van der Waals surface area (Å²) >= 11 is 0. The van der Waals surface area contributed by atoms with Crippen molar-refractivity contribution in [2.75, 3.05) is 0 Å². The molecule has 0 radical (unpaired) electrons. The van der Waals surface area contributed by atoms with E-state index in [0.717, 1.165) is 46.4 Å². The zero-order chi connectivity index (χ0) is 31.3. The average molecular weight is 601 g/mol. The molecule has 2 nitrogen and oxygen atoms in total. The molecule has 0 fully saturated rings. The van der Waals surface area contributed by atoms with Crippen molar-refractivity contribution in [1.82, 2.24) is 9.97 Å². The van der Waals surface area contributed by atoms with E-state index in [4.69, 9.17) is 9.97 Å². The molecule has 8 aromatic rings. The van der Waals surface area contributed by atoms with Crippen LogP contribution in [0.3, 0.4) is 0 Å². The van der Waals surface area contributed by atoms with Gasteiger partial charge in [-0.25, -0.2) is 9.97 Å². The number of hydrogen-bond donors (Lipinski definition) is 0. The second-order valence-corrected chi connectivity index (χ2v) is 13.4. The number of fused-ring (bicyclic) bond motifs is 10. The number of benzene rings is 7. The van der Waals surface area contributed by atoms with Crippen LogP contribution in [0.2, 0.25) is 0 Å². The first kappa shape index (κ1) is 26.6. The van der Waals surface area contributed by atoms with Crippen LogP contribution < -0.4 is 0 Å². The molecule has 0 aliphatic heterocycles. The zero-order valence-electron chi connectivity index (χ0n) is 26.5. The molecule has 2 aliphatic carbocycles. The second-order valence-electron chi connectivity index (χ2n) is 13.4. The lowest BCUT2D eigenvalue weighted by atomic mass is 9.75. The topological polar surface area (TPSA) is 25.8 Å². The largest absolute Gasteiger partial charge is 0.228 e. The summed E-state index contributed by atoms with van der Waals surface area (Å²) in [5.74, 6) is 0.768. The van der Waals surface area contributed by atoms with E-state index in [-0.39, 0.29) is 5.41 Å². The Bertz CT molecular complexity index is 2560. The molecule has 0 bridgehead atoms. The van der Waals surface area contributed by atoms with E-state index in [1.54, 1.807) is 0 Å². The molecule has 0 saturated heterocycles. The summed E-state index contributed by atoms with van der Waals surface area (Å²) in [6.45, 7) is 4.78. The van der Waals surface area contributed by atoms with Gasteiger partial charge < -0.3 is 0 Å². The molecule has 1 heterocycles. The highest BCUT2D eigenvalue weighted by Crippen LogP contribution is 2.55. The first-order valence-electron chi connectivity index (χ1n) is 16.7. The van der Waals surface area contributed by atoms with Crippen LogP contribution in [0.15, 0.2) is 133 Å². The molecule has 2 aliphatic rings. The van der Waals surface area contributed by atoms with Crippen molar-refractivity contribution in [3.05, 3.63) is 156 Å². The van der Waals surface area contributed by atoms with Gasteiger partial charge in [-0.1, -0.05) is 129 Å².